The molecule has 1 fully saturated rings. The molecule has 0 saturated carbocycles. The normalized spacial score (nSPS) is 19.8. The van der Waals surface area contributed by atoms with Gasteiger partial charge in [0.25, 0.3) is 0 Å². The number of carbonyl (C=O) groups is 2. The molecule has 0 radical (unpaired) electrons. The number of aliphatic imine (C=N–C) groups is 1. The summed E-state index contributed by atoms with van der Waals surface area (Å²) in [6.07, 6.45) is 0.113. The number of carbonyl (C=O) groups excluding carboxylic acids is 2. The highest BCUT2D eigenvalue weighted by molar-refractivity contribution is 9.10. The van der Waals surface area contributed by atoms with E-state index in [2.05, 4.69) is 20.9 Å². The van der Waals surface area contributed by atoms with Crippen molar-refractivity contribution in [3.05, 3.63) is 39.5 Å². The second kappa shape index (κ2) is 8.06. The first-order valence-electron chi connectivity index (χ1n) is 8.62. The predicted octanol–water partition coefficient (Wildman–Crippen LogP) is 4.06. The zero-order valence-electron chi connectivity index (χ0n) is 15.6. The molecule has 8 heteroatoms. The Morgan fingerprint density at radius 1 is 1.41 bits per heavy atom. The summed E-state index contributed by atoms with van der Waals surface area (Å²) in [4.78, 5) is 31.8. The van der Waals surface area contributed by atoms with Crippen LogP contribution in [-0.4, -0.2) is 40.9 Å². The minimum absolute atomic E-state index is 0.0677. The maximum absolute atomic E-state index is 12.9. The molecule has 6 nitrogen and oxygen atoms in total. The number of methoxy groups -OCH3 is 1. The Morgan fingerprint density at radius 2 is 2.15 bits per heavy atom. The van der Waals surface area contributed by atoms with Crippen LogP contribution < -0.4 is 4.74 Å². The number of halogens is 1. The zero-order valence-corrected chi connectivity index (χ0v) is 18.0. The Hall–Kier alpha value is -1.80. The highest BCUT2D eigenvalue weighted by Gasteiger charge is 2.43. The SMILES string of the molecule is COc1ccc(Br)cc1[C@H]1C(C(=O)OC(C)C)=C(C)N=C2SCCC(=O)N21. The van der Waals surface area contributed by atoms with Crippen molar-refractivity contribution in [3.8, 4) is 5.75 Å². The number of allylic oxidation sites excluding steroid dienone is 1. The summed E-state index contributed by atoms with van der Waals surface area (Å²) < 4.78 is 11.8. The lowest BCUT2D eigenvalue weighted by Crippen LogP contribution is -2.46. The van der Waals surface area contributed by atoms with Crippen LogP contribution >= 0.6 is 27.7 Å². The highest BCUT2D eigenvalue weighted by atomic mass is 79.9. The molecule has 2 heterocycles. The molecule has 27 heavy (non-hydrogen) atoms. The molecular weight excluding hydrogens is 432 g/mol. The van der Waals surface area contributed by atoms with Crippen molar-refractivity contribution in [3.63, 3.8) is 0 Å². The van der Waals surface area contributed by atoms with Crippen molar-refractivity contribution in [2.45, 2.75) is 39.3 Å². The largest absolute Gasteiger partial charge is 0.496 e. The number of ether oxygens (including phenoxy) is 2. The van der Waals surface area contributed by atoms with E-state index in [1.165, 1.54) is 11.8 Å². The molecule has 0 aromatic heterocycles. The van der Waals surface area contributed by atoms with Gasteiger partial charge in [0.1, 0.15) is 11.8 Å². The molecular formula is C19H21BrN2O4S. The first-order valence-corrected chi connectivity index (χ1v) is 10.4. The van der Waals surface area contributed by atoms with Crippen LogP contribution in [0.25, 0.3) is 0 Å². The molecule has 144 valence electrons. The Balaban J connectivity index is 2.21. The van der Waals surface area contributed by atoms with Crippen LogP contribution in [0.2, 0.25) is 0 Å². The van der Waals surface area contributed by atoms with E-state index in [1.54, 1.807) is 32.8 Å². The number of esters is 1. The third-order valence-electron chi connectivity index (χ3n) is 4.26. The van der Waals surface area contributed by atoms with Gasteiger partial charge in [0.2, 0.25) is 5.91 Å². The maximum Gasteiger partial charge on any atom is 0.338 e. The summed E-state index contributed by atoms with van der Waals surface area (Å²) in [6, 6.07) is 4.90. The van der Waals surface area contributed by atoms with Crippen molar-refractivity contribution >= 4 is 44.7 Å². The molecule has 0 aliphatic carbocycles. The van der Waals surface area contributed by atoms with Gasteiger partial charge >= 0.3 is 5.97 Å². The molecule has 1 aromatic rings. The van der Waals surface area contributed by atoms with Crippen LogP contribution in [-0.2, 0) is 14.3 Å². The summed E-state index contributed by atoms with van der Waals surface area (Å²) in [5.41, 5.74) is 1.63. The number of benzene rings is 1. The summed E-state index contributed by atoms with van der Waals surface area (Å²) in [6.45, 7) is 5.36. The zero-order chi connectivity index (χ0) is 19.7. The number of rotatable bonds is 4. The quantitative estimate of drug-likeness (QED) is 0.644. The van der Waals surface area contributed by atoms with E-state index in [9.17, 15) is 9.59 Å². The molecule has 1 saturated heterocycles. The fourth-order valence-corrected chi connectivity index (χ4v) is 4.53. The van der Waals surface area contributed by atoms with E-state index in [1.807, 2.05) is 18.2 Å². The Morgan fingerprint density at radius 3 is 2.81 bits per heavy atom. The van der Waals surface area contributed by atoms with Gasteiger partial charge < -0.3 is 9.47 Å². The van der Waals surface area contributed by atoms with Crippen molar-refractivity contribution in [1.82, 2.24) is 4.90 Å². The second-order valence-electron chi connectivity index (χ2n) is 6.50. The maximum atomic E-state index is 12.9. The van der Waals surface area contributed by atoms with E-state index in [0.717, 1.165) is 4.47 Å². The van der Waals surface area contributed by atoms with Gasteiger partial charge in [0.15, 0.2) is 5.17 Å². The number of hydrogen-bond donors (Lipinski definition) is 0. The monoisotopic (exact) mass is 452 g/mol. The van der Waals surface area contributed by atoms with Crippen molar-refractivity contribution < 1.29 is 19.1 Å². The first-order chi connectivity index (χ1) is 12.8. The Bertz CT molecular complexity index is 850. The van der Waals surface area contributed by atoms with Crippen LogP contribution in [0.15, 0.2) is 38.9 Å². The van der Waals surface area contributed by atoms with Crippen molar-refractivity contribution in [1.29, 1.82) is 0 Å². The molecule has 0 unspecified atom stereocenters. The number of hydrogen-bond acceptors (Lipinski definition) is 6. The van der Waals surface area contributed by atoms with E-state index < -0.39 is 12.0 Å². The molecule has 1 amide bonds. The molecule has 0 bridgehead atoms. The fourth-order valence-electron chi connectivity index (χ4n) is 3.15. The lowest BCUT2D eigenvalue weighted by Gasteiger charge is -2.39. The first kappa shape index (κ1) is 19.9. The third-order valence-corrected chi connectivity index (χ3v) is 5.70. The van der Waals surface area contributed by atoms with Gasteiger partial charge in [-0.25, -0.2) is 9.79 Å². The lowest BCUT2D eigenvalue weighted by molar-refractivity contribution is -0.143. The van der Waals surface area contributed by atoms with Gasteiger partial charge in [-0.15, -0.1) is 0 Å². The summed E-state index contributed by atoms with van der Waals surface area (Å²) in [7, 11) is 1.57. The van der Waals surface area contributed by atoms with Gasteiger partial charge in [0, 0.05) is 22.2 Å². The standard InChI is InChI=1S/C19H21BrN2O4S/c1-10(2)26-18(24)16-11(3)21-19-22(15(23)7-8-27-19)17(16)13-9-12(20)5-6-14(13)25-4/h5-6,9-10,17H,7-8H2,1-4H3/t17-/m0/s1. The highest BCUT2D eigenvalue weighted by Crippen LogP contribution is 2.44. The molecule has 1 atom stereocenters. The van der Waals surface area contributed by atoms with Gasteiger partial charge in [-0.3, -0.25) is 9.69 Å². The van der Waals surface area contributed by atoms with Gasteiger partial charge in [-0.2, -0.15) is 0 Å². The summed E-state index contributed by atoms with van der Waals surface area (Å²) in [5, 5.41) is 0.608. The van der Waals surface area contributed by atoms with E-state index in [0.29, 0.717) is 39.9 Å². The fraction of sp³-hybridized carbons (Fsp3) is 0.421. The number of fused-ring (bicyclic) bond motifs is 1. The third kappa shape index (κ3) is 3.91. The van der Waals surface area contributed by atoms with Crippen LogP contribution in [0.5, 0.6) is 5.75 Å². The van der Waals surface area contributed by atoms with Crippen molar-refractivity contribution in [2.75, 3.05) is 12.9 Å². The average molecular weight is 453 g/mol. The van der Waals surface area contributed by atoms with Crippen LogP contribution in [0.3, 0.4) is 0 Å². The van der Waals surface area contributed by atoms with E-state index in [-0.39, 0.29) is 12.0 Å². The lowest BCUT2D eigenvalue weighted by atomic mass is 9.93. The molecule has 0 N–H and O–H groups in total. The summed E-state index contributed by atoms with van der Waals surface area (Å²) in [5.74, 6) is 0.730. The molecule has 2 aliphatic heterocycles. The number of nitrogens with zero attached hydrogens (tertiary/aromatic N) is 2. The second-order valence-corrected chi connectivity index (χ2v) is 8.48. The predicted molar refractivity (Wildman–Crippen MR) is 109 cm³/mol. The average Bonchev–Trinajstić information content (AvgIpc) is 2.60. The van der Waals surface area contributed by atoms with Gasteiger partial charge in [0.05, 0.1) is 24.5 Å². The van der Waals surface area contributed by atoms with E-state index in [4.69, 9.17) is 9.47 Å². The van der Waals surface area contributed by atoms with Crippen LogP contribution in [0, 0.1) is 0 Å². The molecule has 1 aromatic carbocycles. The number of amides is 1. The van der Waals surface area contributed by atoms with Gasteiger partial charge in [-0.1, -0.05) is 27.7 Å². The topological polar surface area (TPSA) is 68.2 Å². The van der Waals surface area contributed by atoms with Crippen LogP contribution in [0.4, 0.5) is 0 Å². The van der Waals surface area contributed by atoms with E-state index >= 15 is 0 Å². The smallest absolute Gasteiger partial charge is 0.338 e. The molecule has 2 aliphatic rings. The van der Waals surface area contributed by atoms with Crippen LogP contribution in [0.1, 0.15) is 38.8 Å². The number of amidine groups is 1. The minimum Gasteiger partial charge on any atom is -0.496 e. The molecule has 0 spiro atoms. The van der Waals surface area contributed by atoms with Crippen molar-refractivity contribution in [2.24, 2.45) is 4.99 Å². The molecule has 3 rings (SSSR count). The number of thioether (sulfide) groups is 1. The summed E-state index contributed by atoms with van der Waals surface area (Å²) >= 11 is 5.00. The minimum atomic E-state index is -0.642. The Labute approximate surface area is 171 Å². The Kier molecular flexibility index (Phi) is 5.95. The van der Waals surface area contributed by atoms with Gasteiger partial charge in [-0.05, 0) is 39.0 Å².